The van der Waals surface area contributed by atoms with E-state index in [9.17, 15) is 0 Å². The van der Waals surface area contributed by atoms with Gasteiger partial charge in [0.15, 0.2) is 0 Å². The molecule has 1 nitrogen and oxygen atoms in total. The number of rotatable bonds is 4. The number of benzene rings is 1. The maximum Gasteiger partial charge on any atom is 0.0704 e. The highest BCUT2D eigenvalue weighted by Crippen LogP contribution is 2.36. The van der Waals surface area contributed by atoms with Gasteiger partial charge < -0.3 is 5.32 Å². The molecule has 1 aromatic carbocycles. The van der Waals surface area contributed by atoms with Gasteiger partial charge in [-0.05, 0) is 64.8 Å². The summed E-state index contributed by atoms with van der Waals surface area (Å²) in [5.41, 5.74) is 2.26. The summed E-state index contributed by atoms with van der Waals surface area (Å²) in [4.78, 5) is 1.27. The fourth-order valence-corrected chi connectivity index (χ4v) is 4.23. The molecule has 0 aliphatic heterocycles. The summed E-state index contributed by atoms with van der Waals surface area (Å²) < 4.78 is 1.13. The molecule has 1 atom stereocenters. The second-order valence-electron chi connectivity index (χ2n) is 4.22. The Balaban J connectivity index is 2.51. The van der Waals surface area contributed by atoms with Gasteiger partial charge in [0.2, 0.25) is 0 Å². The molecule has 0 saturated heterocycles. The van der Waals surface area contributed by atoms with E-state index in [1.807, 2.05) is 18.2 Å². The monoisotopic (exact) mass is 377 g/mol. The number of aryl methyl sites for hydroxylation is 1. The lowest BCUT2D eigenvalue weighted by atomic mass is 9.99. The van der Waals surface area contributed by atoms with E-state index in [1.165, 1.54) is 10.4 Å². The van der Waals surface area contributed by atoms with Crippen molar-refractivity contribution in [3.63, 3.8) is 0 Å². The van der Waals surface area contributed by atoms with Gasteiger partial charge in [0, 0.05) is 14.9 Å². The number of hydrogen-bond acceptors (Lipinski definition) is 2. The summed E-state index contributed by atoms with van der Waals surface area (Å²) in [6.07, 6.45) is 0. The third-order valence-electron chi connectivity index (χ3n) is 2.91. The highest BCUT2D eigenvalue weighted by molar-refractivity contribution is 9.11. The molecular formula is C14H14BrCl2NS. The number of hydrogen-bond donors (Lipinski definition) is 1. The van der Waals surface area contributed by atoms with E-state index >= 15 is 0 Å². The molecule has 0 aliphatic carbocycles. The largest absolute Gasteiger partial charge is 0.306 e. The Hall–Kier alpha value is -0.0600. The highest BCUT2D eigenvalue weighted by Gasteiger charge is 2.20. The van der Waals surface area contributed by atoms with Crippen LogP contribution in [0.2, 0.25) is 10.0 Å². The van der Waals surface area contributed by atoms with Crippen LogP contribution in [0.4, 0.5) is 0 Å². The van der Waals surface area contributed by atoms with E-state index < -0.39 is 0 Å². The van der Waals surface area contributed by atoms with Crippen LogP contribution in [0.3, 0.4) is 0 Å². The fraction of sp³-hybridized carbons (Fsp3) is 0.286. The Bertz CT molecular complexity index is 583. The molecule has 2 aromatic rings. The number of halogens is 3. The molecule has 1 aromatic heterocycles. The van der Waals surface area contributed by atoms with Crippen LogP contribution in [0.5, 0.6) is 0 Å². The first-order valence-corrected chi connectivity index (χ1v) is 8.33. The molecule has 2 rings (SSSR count). The molecule has 0 radical (unpaired) electrons. The van der Waals surface area contributed by atoms with E-state index in [-0.39, 0.29) is 6.04 Å². The topological polar surface area (TPSA) is 12.0 Å². The predicted octanol–water partition coefficient (Wildman–Crippen LogP) is 5.82. The summed E-state index contributed by atoms with van der Waals surface area (Å²) in [7, 11) is 0. The van der Waals surface area contributed by atoms with Gasteiger partial charge in [0.1, 0.15) is 0 Å². The van der Waals surface area contributed by atoms with Gasteiger partial charge in [-0.25, -0.2) is 0 Å². The quantitative estimate of drug-likeness (QED) is 0.706. The molecule has 0 fully saturated rings. The Morgan fingerprint density at radius 3 is 2.58 bits per heavy atom. The van der Waals surface area contributed by atoms with Crippen LogP contribution in [0.25, 0.3) is 0 Å². The summed E-state index contributed by atoms with van der Waals surface area (Å²) in [5, 5.41) is 4.92. The van der Waals surface area contributed by atoms with Gasteiger partial charge in [0.05, 0.1) is 9.83 Å². The lowest BCUT2D eigenvalue weighted by Gasteiger charge is -2.20. The molecule has 5 heteroatoms. The summed E-state index contributed by atoms with van der Waals surface area (Å²) in [6, 6.07) is 7.80. The van der Waals surface area contributed by atoms with Gasteiger partial charge >= 0.3 is 0 Å². The number of thiophene rings is 1. The molecule has 102 valence electrons. The van der Waals surface area contributed by atoms with Crippen molar-refractivity contribution in [1.29, 1.82) is 0 Å². The summed E-state index contributed by atoms with van der Waals surface area (Å²) in [6.45, 7) is 5.07. The minimum atomic E-state index is 0.0683. The molecule has 0 amide bonds. The summed E-state index contributed by atoms with van der Waals surface area (Å²) in [5.74, 6) is 0. The normalized spacial score (nSPS) is 12.7. The number of nitrogens with one attached hydrogen (secondary N) is 1. The first-order valence-electron chi connectivity index (χ1n) is 5.97. The van der Waals surface area contributed by atoms with Gasteiger partial charge in [0.25, 0.3) is 0 Å². The van der Waals surface area contributed by atoms with Crippen LogP contribution in [0.15, 0.2) is 28.1 Å². The first kappa shape index (κ1) is 15.3. The van der Waals surface area contributed by atoms with Gasteiger partial charge in [-0.15, -0.1) is 11.3 Å². The molecule has 0 saturated carbocycles. The molecule has 1 N–H and O–H groups in total. The van der Waals surface area contributed by atoms with Crippen molar-refractivity contribution in [1.82, 2.24) is 5.32 Å². The second-order valence-corrected chi connectivity index (χ2v) is 7.70. The molecule has 0 aliphatic rings. The third-order valence-corrected chi connectivity index (χ3v) is 5.06. The lowest BCUT2D eigenvalue weighted by Crippen LogP contribution is -2.22. The van der Waals surface area contributed by atoms with Crippen LogP contribution >= 0.6 is 50.5 Å². The molecule has 1 unspecified atom stereocenters. The van der Waals surface area contributed by atoms with Gasteiger partial charge in [-0.2, -0.15) is 0 Å². The van der Waals surface area contributed by atoms with E-state index in [2.05, 4.69) is 41.2 Å². The minimum absolute atomic E-state index is 0.0683. The Morgan fingerprint density at radius 1 is 1.26 bits per heavy atom. The van der Waals surface area contributed by atoms with Crippen LogP contribution in [0.1, 0.15) is 29.0 Å². The molecule has 1 heterocycles. The smallest absolute Gasteiger partial charge is 0.0704 e. The first-order chi connectivity index (χ1) is 9.02. The van der Waals surface area contributed by atoms with Crippen molar-refractivity contribution in [2.24, 2.45) is 0 Å². The van der Waals surface area contributed by atoms with E-state index in [0.717, 1.165) is 20.9 Å². The van der Waals surface area contributed by atoms with Crippen LogP contribution < -0.4 is 5.32 Å². The van der Waals surface area contributed by atoms with E-state index in [0.29, 0.717) is 5.02 Å². The Morgan fingerprint density at radius 2 is 2.00 bits per heavy atom. The maximum absolute atomic E-state index is 6.33. The second kappa shape index (κ2) is 6.59. The van der Waals surface area contributed by atoms with Crippen molar-refractivity contribution >= 4 is 50.5 Å². The zero-order valence-electron chi connectivity index (χ0n) is 10.6. The Kier molecular flexibility index (Phi) is 5.32. The predicted molar refractivity (Wildman–Crippen MR) is 88.7 cm³/mol. The van der Waals surface area contributed by atoms with Crippen molar-refractivity contribution in [3.8, 4) is 0 Å². The zero-order chi connectivity index (χ0) is 14.0. The zero-order valence-corrected chi connectivity index (χ0v) is 14.6. The van der Waals surface area contributed by atoms with Crippen LogP contribution in [-0.2, 0) is 0 Å². The molecule has 0 spiro atoms. The third kappa shape index (κ3) is 3.53. The standard InChI is InChI=1S/C14H14BrCl2NS/c1-3-18-14(10-7-13(15)19-8(10)2)11-6-9(16)4-5-12(11)17/h4-7,14,18H,3H2,1-2H3. The average molecular weight is 379 g/mol. The van der Waals surface area contributed by atoms with Gasteiger partial charge in [-0.1, -0.05) is 30.1 Å². The Labute approximate surface area is 136 Å². The van der Waals surface area contributed by atoms with Crippen LogP contribution in [0, 0.1) is 6.92 Å². The SMILES string of the molecule is CCNC(c1cc(Cl)ccc1Cl)c1cc(Br)sc1C. The highest BCUT2D eigenvalue weighted by atomic mass is 79.9. The van der Waals surface area contributed by atoms with Crippen molar-refractivity contribution in [3.05, 3.63) is 54.1 Å². The molecule has 19 heavy (non-hydrogen) atoms. The van der Waals surface area contributed by atoms with Crippen molar-refractivity contribution in [2.45, 2.75) is 19.9 Å². The molecular weight excluding hydrogens is 365 g/mol. The van der Waals surface area contributed by atoms with E-state index in [4.69, 9.17) is 23.2 Å². The van der Waals surface area contributed by atoms with Crippen molar-refractivity contribution < 1.29 is 0 Å². The average Bonchev–Trinajstić information content (AvgIpc) is 2.69. The van der Waals surface area contributed by atoms with Crippen molar-refractivity contribution in [2.75, 3.05) is 6.54 Å². The lowest BCUT2D eigenvalue weighted by molar-refractivity contribution is 0.630. The van der Waals surface area contributed by atoms with Crippen LogP contribution in [-0.4, -0.2) is 6.54 Å². The minimum Gasteiger partial charge on any atom is -0.306 e. The molecule has 0 bridgehead atoms. The maximum atomic E-state index is 6.33. The summed E-state index contributed by atoms with van der Waals surface area (Å²) >= 11 is 17.7. The van der Waals surface area contributed by atoms with Gasteiger partial charge in [-0.3, -0.25) is 0 Å². The fourth-order valence-electron chi connectivity index (χ4n) is 2.07. The van der Waals surface area contributed by atoms with E-state index in [1.54, 1.807) is 11.3 Å².